The molecule has 0 radical (unpaired) electrons. The molecule has 0 heterocycles. The lowest BCUT2D eigenvalue weighted by atomic mass is 10.1. The normalized spacial score (nSPS) is 10.2. The van der Waals surface area contributed by atoms with Gasteiger partial charge in [0.2, 0.25) is 0 Å². The molecule has 108 valence electrons. The number of nitrogens with one attached hydrogen (secondary N) is 2. The topological polar surface area (TPSA) is 101 Å². The number of nitrogen functional groups attached to an aromatic ring is 1. The molecule has 0 aromatic heterocycles. The van der Waals surface area contributed by atoms with Gasteiger partial charge in [0, 0.05) is 17.8 Å². The van der Waals surface area contributed by atoms with Crippen LogP contribution in [-0.2, 0) is 9.59 Å². The van der Waals surface area contributed by atoms with E-state index in [2.05, 4.69) is 5.32 Å². The van der Waals surface area contributed by atoms with Crippen LogP contribution in [0.5, 0.6) is 0 Å². The van der Waals surface area contributed by atoms with Gasteiger partial charge in [-0.1, -0.05) is 13.8 Å². The summed E-state index contributed by atoms with van der Waals surface area (Å²) in [5.41, 5.74) is 6.27. The van der Waals surface area contributed by atoms with Crippen molar-refractivity contribution in [3.05, 3.63) is 29.8 Å². The molecule has 0 aliphatic rings. The van der Waals surface area contributed by atoms with Gasteiger partial charge in [0.1, 0.15) is 0 Å². The minimum absolute atomic E-state index is 0.266. The van der Waals surface area contributed by atoms with E-state index in [-0.39, 0.29) is 5.56 Å². The average molecular weight is 277 g/mol. The zero-order chi connectivity index (χ0) is 15.1. The zero-order valence-electron chi connectivity index (χ0n) is 11.6. The van der Waals surface area contributed by atoms with Gasteiger partial charge in [-0.25, -0.2) is 0 Å². The number of carbonyl (C=O) groups is 3. The molecule has 0 spiro atoms. The van der Waals surface area contributed by atoms with Gasteiger partial charge in [0.25, 0.3) is 5.91 Å². The van der Waals surface area contributed by atoms with Crippen molar-refractivity contribution in [1.82, 2.24) is 10.6 Å². The molecular weight excluding hydrogens is 258 g/mol. The minimum atomic E-state index is -0.962. The summed E-state index contributed by atoms with van der Waals surface area (Å²) >= 11 is 0. The van der Waals surface area contributed by atoms with Gasteiger partial charge in [-0.15, -0.1) is 0 Å². The van der Waals surface area contributed by atoms with Crippen LogP contribution >= 0.6 is 0 Å². The van der Waals surface area contributed by atoms with Crippen LogP contribution in [-0.4, -0.2) is 24.3 Å². The predicted octanol–water partition coefficient (Wildman–Crippen LogP) is 0.688. The first-order chi connectivity index (χ1) is 9.40. The smallest absolute Gasteiger partial charge is 0.316 e. The number of nitrogens with two attached hydrogens (primary N) is 1. The zero-order valence-corrected chi connectivity index (χ0v) is 11.6. The highest BCUT2D eigenvalue weighted by molar-refractivity contribution is 6.38. The largest absolute Gasteiger partial charge is 0.399 e. The Kier molecular flexibility index (Phi) is 5.71. The van der Waals surface area contributed by atoms with E-state index in [1.54, 1.807) is 12.1 Å². The molecule has 4 N–H and O–H groups in total. The molecule has 1 aromatic carbocycles. The molecule has 0 fully saturated rings. The second kappa shape index (κ2) is 7.28. The van der Waals surface area contributed by atoms with E-state index < -0.39 is 17.7 Å². The fraction of sp³-hybridized carbons (Fsp3) is 0.357. The van der Waals surface area contributed by atoms with Crippen molar-refractivity contribution < 1.29 is 14.4 Å². The summed E-state index contributed by atoms with van der Waals surface area (Å²) in [6.45, 7) is 4.42. The first-order valence-electron chi connectivity index (χ1n) is 6.39. The summed E-state index contributed by atoms with van der Waals surface area (Å²) in [6, 6.07) is 6.05. The molecule has 0 unspecified atom stereocenters. The highest BCUT2D eigenvalue weighted by Gasteiger charge is 2.17. The second-order valence-corrected chi connectivity index (χ2v) is 4.84. The van der Waals surface area contributed by atoms with E-state index in [0.717, 1.165) is 6.42 Å². The van der Waals surface area contributed by atoms with Crippen LogP contribution in [0.3, 0.4) is 0 Å². The van der Waals surface area contributed by atoms with Crippen molar-refractivity contribution >= 4 is 23.4 Å². The summed E-state index contributed by atoms with van der Waals surface area (Å²) in [7, 11) is 0. The lowest BCUT2D eigenvalue weighted by Crippen LogP contribution is -2.43. The molecule has 0 atom stereocenters. The van der Waals surface area contributed by atoms with Crippen LogP contribution in [0.4, 0.5) is 5.69 Å². The Hall–Kier alpha value is -2.37. The SMILES string of the molecule is CC(C)CCNC(=O)C(=O)NC(=O)c1ccc(N)cc1. The van der Waals surface area contributed by atoms with Crippen molar-refractivity contribution in [1.29, 1.82) is 0 Å². The van der Waals surface area contributed by atoms with Crippen LogP contribution in [0.25, 0.3) is 0 Å². The fourth-order valence-corrected chi connectivity index (χ4v) is 1.42. The molecule has 0 aliphatic heterocycles. The van der Waals surface area contributed by atoms with Crippen molar-refractivity contribution in [2.24, 2.45) is 5.92 Å². The Bertz CT molecular complexity index is 495. The summed E-state index contributed by atoms with van der Waals surface area (Å²) in [4.78, 5) is 34.7. The lowest BCUT2D eigenvalue weighted by molar-refractivity contribution is -0.138. The third kappa shape index (κ3) is 5.09. The molecule has 6 nitrogen and oxygen atoms in total. The van der Waals surface area contributed by atoms with Gasteiger partial charge < -0.3 is 11.1 Å². The van der Waals surface area contributed by atoms with E-state index >= 15 is 0 Å². The van der Waals surface area contributed by atoms with Crippen LogP contribution in [0.1, 0.15) is 30.6 Å². The third-order valence-corrected chi connectivity index (χ3v) is 2.61. The van der Waals surface area contributed by atoms with Crippen molar-refractivity contribution in [2.45, 2.75) is 20.3 Å². The standard InChI is InChI=1S/C14H19N3O3/c1-9(2)7-8-16-13(19)14(20)17-12(18)10-3-5-11(15)6-4-10/h3-6,9H,7-8,15H2,1-2H3,(H,16,19)(H,17,18,20). The van der Waals surface area contributed by atoms with E-state index in [4.69, 9.17) is 5.73 Å². The fourth-order valence-electron chi connectivity index (χ4n) is 1.42. The number of benzene rings is 1. The highest BCUT2D eigenvalue weighted by atomic mass is 16.2. The second-order valence-electron chi connectivity index (χ2n) is 4.84. The highest BCUT2D eigenvalue weighted by Crippen LogP contribution is 2.04. The van der Waals surface area contributed by atoms with Crippen LogP contribution in [0.15, 0.2) is 24.3 Å². The first kappa shape index (κ1) is 15.7. The van der Waals surface area contributed by atoms with E-state index in [0.29, 0.717) is 18.2 Å². The van der Waals surface area contributed by atoms with E-state index in [1.807, 2.05) is 19.2 Å². The summed E-state index contributed by atoms with van der Waals surface area (Å²) < 4.78 is 0. The van der Waals surface area contributed by atoms with Crippen molar-refractivity contribution in [3.63, 3.8) is 0 Å². The van der Waals surface area contributed by atoms with E-state index in [9.17, 15) is 14.4 Å². The van der Waals surface area contributed by atoms with Gasteiger partial charge in [0.15, 0.2) is 0 Å². The first-order valence-corrected chi connectivity index (χ1v) is 6.39. The molecule has 6 heteroatoms. The number of imide groups is 1. The van der Waals surface area contributed by atoms with Gasteiger partial charge in [0.05, 0.1) is 0 Å². The molecule has 0 aliphatic carbocycles. The van der Waals surface area contributed by atoms with Crippen LogP contribution in [0, 0.1) is 5.92 Å². The average Bonchev–Trinajstić information content (AvgIpc) is 2.38. The molecule has 0 saturated carbocycles. The van der Waals surface area contributed by atoms with Crippen molar-refractivity contribution in [3.8, 4) is 0 Å². The number of amides is 3. The maximum Gasteiger partial charge on any atom is 0.316 e. The molecule has 1 rings (SSSR count). The number of hydrogen-bond donors (Lipinski definition) is 3. The predicted molar refractivity (Wildman–Crippen MR) is 75.8 cm³/mol. The lowest BCUT2D eigenvalue weighted by Gasteiger charge is -2.07. The maximum absolute atomic E-state index is 11.7. The molecule has 0 bridgehead atoms. The van der Waals surface area contributed by atoms with Gasteiger partial charge in [-0.2, -0.15) is 0 Å². The molecule has 0 saturated heterocycles. The minimum Gasteiger partial charge on any atom is -0.399 e. The molecule has 1 aromatic rings. The van der Waals surface area contributed by atoms with E-state index in [1.165, 1.54) is 12.1 Å². The Morgan fingerprint density at radius 3 is 2.25 bits per heavy atom. The Morgan fingerprint density at radius 1 is 1.10 bits per heavy atom. The van der Waals surface area contributed by atoms with Gasteiger partial charge >= 0.3 is 11.8 Å². The van der Waals surface area contributed by atoms with Crippen molar-refractivity contribution in [2.75, 3.05) is 12.3 Å². The maximum atomic E-state index is 11.7. The quantitative estimate of drug-likeness (QED) is 0.556. The van der Waals surface area contributed by atoms with Crippen LogP contribution in [0.2, 0.25) is 0 Å². The number of carbonyl (C=O) groups excluding carboxylic acids is 3. The monoisotopic (exact) mass is 277 g/mol. The molecule has 20 heavy (non-hydrogen) atoms. The number of rotatable bonds is 4. The summed E-state index contributed by atoms with van der Waals surface area (Å²) in [6.07, 6.45) is 0.769. The summed E-state index contributed by atoms with van der Waals surface area (Å²) in [5.74, 6) is -1.98. The number of anilines is 1. The Labute approximate surface area is 117 Å². The Morgan fingerprint density at radius 2 is 1.70 bits per heavy atom. The number of hydrogen-bond acceptors (Lipinski definition) is 4. The van der Waals surface area contributed by atoms with Crippen LogP contribution < -0.4 is 16.4 Å². The third-order valence-electron chi connectivity index (χ3n) is 2.61. The van der Waals surface area contributed by atoms with Gasteiger partial charge in [-0.3, -0.25) is 19.7 Å². The summed E-state index contributed by atoms with van der Waals surface area (Å²) in [5, 5.41) is 4.48. The molecular formula is C14H19N3O3. The van der Waals surface area contributed by atoms with Gasteiger partial charge in [-0.05, 0) is 36.6 Å². The Balaban J connectivity index is 2.47. The molecule has 3 amide bonds.